The van der Waals surface area contributed by atoms with Crippen LogP contribution in [0.15, 0.2) is 53.6 Å². The second-order valence-corrected chi connectivity index (χ2v) is 5.10. The highest BCUT2D eigenvalue weighted by atomic mass is 16.6. The van der Waals surface area contributed by atoms with Gasteiger partial charge in [-0.15, -0.1) is 5.10 Å². The van der Waals surface area contributed by atoms with Crippen LogP contribution < -0.4 is 9.47 Å². The summed E-state index contributed by atoms with van der Waals surface area (Å²) in [6.07, 6.45) is 5.32. The van der Waals surface area contributed by atoms with E-state index in [-0.39, 0.29) is 0 Å². The van der Waals surface area contributed by atoms with E-state index in [1.54, 1.807) is 29.7 Å². The van der Waals surface area contributed by atoms with Gasteiger partial charge in [-0.2, -0.15) is 4.68 Å². The van der Waals surface area contributed by atoms with Crippen LogP contribution in [0.4, 0.5) is 0 Å². The van der Waals surface area contributed by atoms with Gasteiger partial charge in [0, 0.05) is 18.0 Å². The lowest BCUT2D eigenvalue weighted by molar-refractivity contribution is 0.304. The van der Waals surface area contributed by atoms with Crippen LogP contribution in [0.1, 0.15) is 0 Å². The summed E-state index contributed by atoms with van der Waals surface area (Å²) in [6.45, 7) is 0. The Balaban J connectivity index is 1.82. The molecule has 0 aliphatic rings. The molecule has 0 fully saturated rings. The number of ether oxygens (including phenoxy) is 2. The number of hydrogen-bond acceptors (Lipinski definition) is 7. The van der Waals surface area contributed by atoms with E-state index in [2.05, 4.69) is 20.6 Å². The number of aromatic nitrogens is 6. The Morgan fingerprint density at radius 2 is 1.72 bits per heavy atom. The molecule has 0 aliphatic heterocycles. The Bertz CT molecular complexity index is 989. The summed E-state index contributed by atoms with van der Waals surface area (Å²) in [5.41, 5.74) is 1.55. The largest absolute Gasteiger partial charge is 0.493 e. The highest BCUT2D eigenvalue weighted by molar-refractivity contribution is 5.65. The molecular weight excluding hydrogens is 324 g/mol. The molecule has 0 aliphatic carbocycles. The lowest BCUT2D eigenvalue weighted by Crippen LogP contribution is -2.05. The molecule has 0 amide bonds. The highest BCUT2D eigenvalue weighted by Gasteiger charge is 2.19. The summed E-state index contributed by atoms with van der Waals surface area (Å²) < 4.78 is 18.9. The first kappa shape index (κ1) is 14.9. The Hall–Kier alpha value is -3.62. The maximum atomic E-state index is 5.36. The molecule has 4 aromatic rings. The molecule has 0 unspecified atom stereocenters. The quantitative estimate of drug-likeness (QED) is 0.550. The number of methoxy groups -OCH3 is 2. The molecule has 0 radical (unpaired) electrons. The van der Waals surface area contributed by atoms with Crippen molar-refractivity contribution >= 4 is 0 Å². The molecule has 0 spiro atoms. The second-order valence-electron chi connectivity index (χ2n) is 5.10. The Morgan fingerprint density at radius 3 is 2.48 bits per heavy atom. The van der Waals surface area contributed by atoms with Crippen molar-refractivity contribution in [1.82, 2.24) is 29.9 Å². The number of rotatable bonds is 5. The number of hydrogen-bond donors (Lipinski definition) is 0. The van der Waals surface area contributed by atoms with Crippen LogP contribution in [0.3, 0.4) is 0 Å². The molecular formula is C16H14N6O3. The predicted molar refractivity (Wildman–Crippen MR) is 87.1 cm³/mol. The first-order chi connectivity index (χ1) is 12.3. The van der Waals surface area contributed by atoms with Gasteiger partial charge in [-0.25, -0.2) is 4.63 Å². The van der Waals surface area contributed by atoms with Crippen LogP contribution >= 0.6 is 0 Å². The molecule has 9 heteroatoms. The van der Waals surface area contributed by atoms with E-state index in [1.807, 2.05) is 42.7 Å². The summed E-state index contributed by atoms with van der Waals surface area (Å²) in [6, 6.07) is 9.32. The molecule has 0 saturated heterocycles. The van der Waals surface area contributed by atoms with Gasteiger partial charge in [0.1, 0.15) is 0 Å². The van der Waals surface area contributed by atoms with Crippen molar-refractivity contribution in [2.24, 2.45) is 0 Å². The molecule has 126 valence electrons. The van der Waals surface area contributed by atoms with Gasteiger partial charge in [0.25, 0.3) is 0 Å². The Labute approximate surface area is 142 Å². The maximum Gasteiger partial charge on any atom is 0.245 e. The van der Waals surface area contributed by atoms with Crippen molar-refractivity contribution < 1.29 is 14.1 Å². The minimum atomic E-state index is 0.429. The number of nitrogens with zero attached hydrogens (tertiary/aromatic N) is 6. The van der Waals surface area contributed by atoms with Crippen molar-refractivity contribution in [3.8, 4) is 34.4 Å². The first-order valence-electron chi connectivity index (χ1n) is 7.41. The van der Waals surface area contributed by atoms with Crippen LogP contribution in [-0.2, 0) is 0 Å². The number of benzene rings is 1. The van der Waals surface area contributed by atoms with E-state index < -0.39 is 0 Å². The first-order valence-corrected chi connectivity index (χ1v) is 7.41. The molecule has 9 nitrogen and oxygen atoms in total. The molecule has 1 aromatic carbocycles. The highest BCUT2D eigenvalue weighted by Crippen LogP contribution is 2.32. The zero-order valence-electron chi connectivity index (χ0n) is 13.5. The normalized spacial score (nSPS) is 10.8. The second kappa shape index (κ2) is 6.11. The van der Waals surface area contributed by atoms with Crippen molar-refractivity contribution in [2.75, 3.05) is 14.2 Å². The van der Waals surface area contributed by atoms with Crippen molar-refractivity contribution in [2.45, 2.75) is 0 Å². The van der Waals surface area contributed by atoms with Crippen LogP contribution in [-0.4, -0.2) is 44.1 Å². The minimum absolute atomic E-state index is 0.429. The van der Waals surface area contributed by atoms with Gasteiger partial charge in [-0.05, 0) is 40.6 Å². The topological polar surface area (TPSA) is 93.0 Å². The van der Waals surface area contributed by atoms with Gasteiger partial charge in [0.15, 0.2) is 11.5 Å². The summed E-state index contributed by atoms with van der Waals surface area (Å²) in [5, 5.41) is 16.0. The monoisotopic (exact) mass is 338 g/mol. The smallest absolute Gasteiger partial charge is 0.245 e. The molecule has 3 heterocycles. The van der Waals surface area contributed by atoms with Crippen LogP contribution in [0.5, 0.6) is 11.5 Å². The van der Waals surface area contributed by atoms with Crippen LogP contribution in [0, 0.1) is 0 Å². The van der Waals surface area contributed by atoms with Crippen molar-refractivity contribution in [1.29, 1.82) is 0 Å². The van der Waals surface area contributed by atoms with Gasteiger partial charge in [-0.1, -0.05) is 5.21 Å². The third-order valence-corrected chi connectivity index (χ3v) is 3.73. The van der Waals surface area contributed by atoms with E-state index in [0.29, 0.717) is 28.8 Å². The van der Waals surface area contributed by atoms with E-state index in [9.17, 15) is 0 Å². The van der Waals surface area contributed by atoms with Gasteiger partial charge >= 0.3 is 0 Å². The zero-order chi connectivity index (χ0) is 17.2. The fourth-order valence-corrected chi connectivity index (χ4v) is 2.53. The predicted octanol–water partition coefficient (Wildman–Crippen LogP) is 2.13. The molecule has 0 bridgehead atoms. The maximum absolute atomic E-state index is 5.36. The zero-order valence-corrected chi connectivity index (χ0v) is 13.5. The molecule has 0 N–H and O–H groups in total. The van der Waals surface area contributed by atoms with Crippen LogP contribution in [0.2, 0.25) is 0 Å². The summed E-state index contributed by atoms with van der Waals surface area (Å²) in [5.74, 6) is 2.19. The third-order valence-electron chi connectivity index (χ3n) is 3.73. The molecule has 0 saturated carbocycles. The van der Waals surface area contributed by atoms with Crippen molar-refractivity contribution in [3.05, 3.63) is 48.9 Å². The molecule has 0 atom stereocenters. The van der Waals surface area contributed by atoms with Gasteiger partial charge in [-0.3, -0.25) is 0 Å². The summed E-state index contributed by atoms with van der Waals surface area (Å²) in [7, 11) is 3.18. The molecule has 3 aromatic heterocycles. The van der Waals surface area contributed by atoms with Gasteiger partial charge in [0.05, 0.1) is 26.1 Å². The lowest BCUT2D eigenvalue weighted by atomic mass is 10.1. The summed E-state index contributed by atoms with van der Waals surface area (Å²) in [4.78, 5) is 0. The standard InChI is InChI=1S/C16H14N6O3/c1-23-13-6-5-11(9-14(13)24-2)12-10-17-20-22(12)16-15(18-25-19-16)21-7-3-4-8-21/h3-10H,1-2H3. The van der Waals surface area contributed by atoms with Gasteiger partial charge < -0.3 is 14.0 Å². The lowest BCUT2D eigenvalue weighted by Gasteiger charge is -2.10. The molecule has 25 heavy (non-hydrogen) atoms. The Morgan fingerprint density at radius 1 is 0.960 bits per heavy atom. The molecule has 4 rings (SSSR count). The fourth-order valence-electron chi connectivity index (χ4n) is 2.53. The third kappa shape index (κ3) is 2.51. The Kier molecular flexibility index (Phi) is 3.65. The van der Waals surface area contributed by atoms with E-state index >= 15 is 0 Å². The van der Waals surface area contributed by atoms with Crippen LogP contribution in [0.25, 0.3) is 22.9 Å². The fraction of sp³-hybridized carbons (Fsp3) is 0.125. The summed E-state index contributed by atoms with van der Waals surface area (Å²) >= 11 is 0. The van der Waals surface area contributed by atoms with Crippen molar-refractivity contribution in [3.63, 3.8) is 0 Å². The van der Waals surface area contributed by atoms with E-state index in [4.69, 9.17) is 14.1 Å². The van der Waals surface area contributed by atoms with Gasteiger partial charge in [0.2, 0.25) is 11.6 Å². The average Bonchev–Trinajstić information content (AvgIpc) is 3.40. The SMILES string of the molecule is COc1ccc(-c2cnnn2-c2nonc2-n2cccc2)cc1OC. The van der Waals surface area contributed by atoms with E-state index in [0.717, 1.165) is 5.56 Å². The average molecular weight is 338 g/mol. The van der Waals surface area contributed by atoms with E-state index in [1.165, 1.54) is 0 Å². The minimum Gasteiger partial charge on any atom is -0.493 e.